The highest BCUT2D eigenvalue weighted by Crippen LogP contribution is 2.65. The lowest BCUT2D eigenvalue weighted by molar-refractivity contribution is -0.199. The summed E-state index contributed by atoms with van der Waals surface area (Å²) in [6.45, 7) is 8.80. The molecule has 0 radical (unpaired) electrons. The number of rotatable bonds is 1. The van der Waals surface area contributed by atoms with E-state index < -0.39 is 0 Å². The van der Waals surface area contributed by atoms with Crippen LogP contribution in [-0.4, -0.2) is 11.6 Å². The SMILES string of the molecule is CC(=O)O[C@@]12CCC[C@@](C)(CC[C@@H]3[C@H]1CC3(C)C)C2. The molecule has 0 aromatic heterocycles. The van der Waals surface area contributed by atoms with Crippen LogP contribution in [0.15, 0.2) is 0 Å². The number of ether oxygens (including phenoxy) is 1. The van der Waals surface area contributed by atoms with Gasteiger partial charge in [0.05, 0.1) is 0 Å². The zero-order valence-electron chi connectivity index (χ0n) is 12.9. The molecule has 3 aliphatic rings. The maximum Gasteiger partial charge on any atom is 0.303 e. The molecule has 0 amide bonds. The number of esters is 1. The quantitative estimate of drug-likeness (QED) is 0.659. The van der Waals surface area contributed by atoms with Crippen LogP contribution >= 0.6 is 0 Å². The van der Waals surface area contributed by atoms with E-state index in [0.717, 1.165) is 18.8 Å². The summed E-state index contributed by atoms with van der Waals surface area (Å²) in [4.78, 5) is 11.6. The molecule has 108 valence electrons. The summed E-state index contributed by atoms with van der Waals surface area (Å²) in [6, 6.07) is 0. The molecule has 3 fully saturated rings. The van der Waals surface area contributed by atoms with Crippen molar-refractivity contribution in [1.82, 2.24) is 0 Å². The van der Waals surface area contributed by atoms with E-state index in [-0.39, 0.29) is 11.6 Å². The number of carbonyl (C=O) groups excluding carboxylic acids is 1. The van der Waals surface area contributed by atoms with E-state index in [2.05, 4.69) is 20.8 Å². The third kappa shape index (κ3) is 2.02. The Hall–Kier alpha value is -0.530. The molecule has 2 heteroatoms. The molecule has 0 saturated heterocycles. The Kier molecular flexibility index (Phi) is 2.82. The summed E-state index contributed by atoms with van der Waals surface area (Å²) >= 11 is 0. The first-order valence-corrected chi connectivity index (χ1v) is 7.96. The van der Waals surface area contributed by atoms with Crippen molar-refractivity contribution in [1.29, 1.82) is 0 Å². The summed E-state index contributed by atoms with van der Waals surface area (Å²) in [5, 5.41) is 0. The van der Waals surface area contributed by atoms with Crippen LogP contribution in [0.2, 0.25) is 0 Å². The van der Waals surface area contributed by atoms with Gasteiger partial charge in [0.25, 0.3) is 0 Å². The lowest BCUT2D eigenvalue weighted by Gasteiger charge is -2.59. The minimum atomic E-state index is -0.129. The van der Waals surface area contributed by atoms with Gasteiger partial charge in [0, 0.05) is 12.8 Å². The maximum absolute atomic E-state index is 11.6. The molecular weight excluding hydrogens is 236 g/mol. The van der Waals surface area contributed by atoms with Gasteiger partial charge in [-0.15, -0.1) is 0 Å². The number of fused-ring (bicyclic) bond motifs is 4. The van der Waals surface area contributed by atoms with Gasteiger partial charge < -0.3 is 4.74 Å². The highest BCUT2D eigenvalue weighted by molar-refractivity contribution is 5.66. The van der Waals surface area contributed by atoms with Gasteiger partial charge in [-0.3, -0.25) is 4.79 Å². The fourth-order valence-electron chi connectivity index (χ4n) is 5.59. The van der Waals surface area contributed by atoms with Crippen molar-refractivity contribution in [2.75, 3.05) is 0 Å². The maximum atomic E-state index is 11.6. The number of hydrogen-bond acceptors (Lipinski definition) is 2. The van der Waals surface area contributed by atoms with Gasteiger partial charge >= 0.3 is 5.97 Å². The lowest BCUT2D eigenvalue weighted by atomic mass is 9.49. The number of hydrogen-bond donors (Lipinski definition) is 0. The Morgan fingerprint density at radius 1 is 1.11 bits per heavy atom. The molecule has 3 saturated carbocycles. The highest BCUT2D eigenvalue weighted by atomic mass is 16.6. The Morgan fingerprint density at radius 3 is 2.47 bits per heavy atom. The predicted molar refractivity (Wildman–Crippen MR) is 75.7 cm³/mol. The molecular formula is C17H28O2. The van der Waals surface area contributed by atoms with Crippen molar-refractivity contribution in [3.05, 3.63) is 0 Å². The summed E-state index contributed by atoms with van der Waals surface area (Å²) in [5.41, 5.74) is 0.724. The van der Waals surface area contributed by atoms with E-state index in [1.54, 1.807) is 6.92 Å². The van der Waals surface area contributed by atoms with E-state index in [1.165, 1.54) is 32.1 Å². The molecule has 0 aromatic rings. The van der Waals surface area contributed by atoms with Crippen LogP contribution in [0.4, 0.5) is 0 Å². The third-order valence-corrected chi connectivity index (χ3v) is 6.42. The van der Waals surface area contributed by atoms with Gasteiger partial charge in [0.15, 0.2) is 0 Å². The van der Waals surface area contributed by atoms with Crippen LogP contribution in [-0.2, 0) is 9.53 Å². The molecule has 3 aliphatic carbocycles. The van der Waals surface area contributed by atoms with E-state index in [1.807, 2.05) is 0 Å². The summed E-state index contributed by atoms with van der Waals surface area (Å²) in [6.07, 6.45) is 8.64. The van der Waals surface area contributed by atoms with Gasteiger partial charge in [-0.2, -0.15) is 0 Å². The van der Waals surface area contributed by atoms with Crippen molar-refractivity contribution in [2.45, 2.75) is 78.2 Å². The Bertz CT molecular complexity index is 400. The van der Waals surface area contributed by atoms with Crippen LogP contribution < -0.4 is 0 Å². The van der Waals surface area contributed by atoms with E-state index >= 15 is 0 Å². The van der Waals surface area contributed by atoms with Crippen molar-refractivity contribution in [3.63, 3.8) is 0 Å². The van der Waals surface area contributed by atoms with Gasteiger partial charge in [-0.1, -0.05) is 20.8 Å². The monoisotopic (exact) mass is 264 g/mol. The number of carbonyl (C=O) groups is 1. The third-order valence-electron chi connectivity index (χ3n) is 6.42. The molecule has 2 nitrogen and oxygen atoms in total. The van der Waals surface area contributed by atoms with E-state index in [0.29, 0.717) is 16.7 Å². The summed E-state index contributed by atoms with van der Waals surface area (Å²) in [5.74, 6) is 1.30. The summed E-state index contributed by atoms with van der Waals surface area (Å²) < 4.78 is 5.98. The molecule has 0 spiro atoms. The molecule has 2 bridgehead atoms. The first-order valence-electron chi connectivity index (χ1n) is 7.96. The van der Waals surface area contributed by atoms with E-state index in [4.69, 9.17) is 4.74 Å². The highest BCUT2D eigenvalue weighted by Gasteiger charge is 2.62. The fourth-order valence-corrected chi connectivity index (χ4v) is 5.59. The molecule has 4 atom stereocenters. The molecule has 0 aliphatic heterocycles. The average Bonchev–Trinajstić information content (AvgIpc) is 2.30. The molecule has 0 N–H and O–H groups in total. The minimum Gasteiger partial charge on any atom is -0.459 e. The largest absolute Gasteiger partial charge is 0.459 e. The van der Waals surface area contributed by atoms with E-state index in [9.17, 15) is 4.79 Å². The van der Waals surface area contributed by atoms with Gasteiger partial charge in [0.2, 0.25) is 0 Å². The first-order chi connectivity index (χ1) is 8.77. The van der Waals surface area contributed by atoms with Crippen LogP contribution in [0, 0.1) is 22.7 Å². The van der Waals surface area contributed by atoms with Crippen LogP contribution in [0.25, 0.3) is 0 Å². The van der Waals surface area contributed by atoms with Crippen LogP contribution in [0.1, 0.15) is 72.6 Å². The van der Waals surface area contributed by atoms with Crippen LogP contribution in [0.5, 0.6) is 0 Å². The van der Waals surface area contributed by atoms with Crippen molar-refractivity contribution < 1.29 is 9.53 Å². The second-order valence-corrected chi connectivity index (χ2v) is 8.44. The minimum absolute atomic E-state index is 0.0744. The normalized spacial score (nSPS) is 47.6. The van der Waals surface area contributed by atoms with Crippen molar-refractivity contribution in [3.8, 4) is 0 Å². The molecule has 3 rings (SSSR count). The Balaban J connectivity index is 1.95. The average molecular weight is 264 g/mol. The van der Waals surface area contributed by atoms with Crippen molar-refractivity contribution in [2.24, 2.45) is 22.7 Å². The fraction of sp³-hybridized carbons (Fsp3) is 0.941. The molecule has 0 heterocycles. The Labute approximate surface area is 117 Å². The van der Waals surface area contributed by atoms with Crippen molar-refractivity contribution >= 4 is 5.97 Å². The smallest absolute Gasteiger partial charge is 0.303 e. The zero-order chi connectivity index (χ0) is 13.9. The standard InChI is InChI=1S/C17H28O2/c1-12(18)19-17-8-5-7-16(4,11-17)9-6-13-14(17)10-15(13,2)3/h13-14H,5-11H2,1-4H3/t13-,14-,16+,17-/m1/s1. The van der Waals surface area contributed by atoms with Crippen LogP contribution in [0.3, 0.4) is 0 Å². The lowest BCUT2D eigenvalue weighted by Crippen LogP contribution is -2.57. The second kappa shape index (κ2) is 3.99. The topological polar surface area (TPSA) is 26.3 Å². The molecule has 19 heavy (non-hydrogen) atoms. The van der Waals surface area contributed by atoms with Gasteiger partial charge in [0.1, 0.15) is 5.60 Å². The Morgan fingerprint density at radius 2 is 1.84 bits per heavy atom. The molecule has 0 aromatic carbocycles. The summed E-state index contributed by atoms with van der Waals surface area (Å²) in [7, 11) is 0. The zero-order valence-corrected chi connectivity index (χ0v) is 12.9. The molecule has 0 unspecified atom stereocenters. The first kappa shape index (κ1) is 13.5. The predicted octanol–water partition coefficient (Wildman–Crippen LogP) is 4.32. The second-order valence-electron chi connectivity index (χ2n) is 8.44. The van der Waals surface area contributed by atoms with Gasteiger partial charge in [-0.05, 0) is 61.7 Å². The van der Waals surface area contributed by atoms with Gasteiger partial charge in [-0.25, -0.2) is 0 Å².